The molecule has 0 saturated heterocycles. The number of nitrogens with one attached hydrogen (secondary N) is 1. The molecule has 1 aromatic carbocycles. The molecule has 18 heavy (non-hydrogen) atoms. The number of hydrogen-bond acceptors (Lipinski definition) is 2. The summed E-state index contributed by atoms with van der Waals surface area (Å²) < 4.78 is 14.1. The zero-order valence-electron chi connectivity index (χ0n) is 10.3. The lowest BCUT2D eigenvalue weighted by Gasteiger charge is -2.09. The van der Waals surface area contributed by atoms with Crippen molar-refractivity contribution in [3.05, 3.63) is 28.0 Å². The number of fused-ring (bicyclic) bond motifs is 1. The van der Waals surface area contributed by atoms with Crippen LogP contribution in [0, 0.1) is 4.77 Å². The Morgan fingerprint density at radius 2 is 2.28 bits per heavy atom. The van der Waals surface area contributed by atoms with Gasteiger partial charge in [0.15, 0.2) is 4.77 Å². The zero-order valence-corrected chi connectivity index (χ0v) is 12.7. The molecule has 0 aliphatic carbocycles. The third-order valence-electron chi connectivity index (χ3n) is 3.06. The van der Waals surface area contributed by atoms with Crippen LogP contribution in [0.2, 0.25) is 5.02 Å². The lowest BCUT2D eigenvalue weighted by Crippen LogP contribution is -2.12. The van der Waals surface area contributed by atoms with E-state index in [-0.39, 0.29) is 5.25 Å². The zero-order chi connectivity index (χ0) is 13.3. The van der Waals surface area contributed by atoms with Gasteiger partial charge in [-0.1, -0.05) is 18.5 Å². The summed E-state index contributed by atoms with van der Waals surface area (Å²) in [6, 6.07) is 5.67. The summed E-state index contributed by atoms with van der Waals surface area (Å²) in [6.45, 7) is 2.76. The van der Waals surface area contributed by atoms with E-state index >= 15 is 0 Å². The number of benzene rings is 1. The van der Waals surface area contributed by atoms with Crippen molar-refractivity contribution in [2.45, 2.75) is 25.1 Å². The quantitative estimate of drug-likeness (QED) is 0.878. The third kappa shape index (κ3) is 2.84. The molecule has 1 aromatic heterocycles. The second-order valence-corrected chi connectivity index (χ2v) is 6.97. The van der Waals surface area contributed by atoms with Gasteiger partial charge in [-0.3, -0.25) is 4.21 Å². The van der Waals surface area contributed by atoms with Crippen molar-refractivity contribution in [3.8, 4) is 0 Å². The summed E-state index contributed by atoms with van der Waals surface area (Å²) in [6.07, 6.45) is 2.58. The molecule has 1 heterocycles. The molecular weight excluding hydrogens is 288 g/mol. The fraction of sp³-hybridized carbons (Fsp3) is 0.417. The first-order chi connectivity index (χ1) is 8.49. The van der Waals surface area contributed by atoms with Crippen molar-refractivity contribution in [1.82, 2.24) is 9.55 Å². The van der Waals surface area contributed by atoms with E-state index in [2.05, 4.69) is 4.98 Å². The van der Waals surface area contributed by atoms with Gasteiger partial charge in [-0.15, -0.1) is 0 Å². The minimum absolute atomic E-state index is 0.171. The summed E-state index contributed by atoms with van der Waals surface area (Å²) in [5, 5.41) is 0.859. The summed E-state index contributed by atoms with van der Waals surface area (Å²) in [5.41, 5.74) is 1.98. The number of aryl methyl sites for hydroxylation is 1. The Morgan fingerprint density at radius 1 is 1.56 bits per heavy atom. The molecule has 0 saturated carbocycles. The molecular formula is C12H15ClN2OS2. The van der Waals surface area contributed by atoms with Crippen molar-refractivity contribution < 1.29 is 4.21 Å². The fourth-order valence-electron chi connectivity index (χ4n) is 1.83. The molecule has 2 unspecified atom stereocenters. The Morgan fingerprint density at radius 3 is 2.94 bits per heavy atom. The molecule has 3 nitrogen and oxygen atoms in total. The third-order valence-corrected chi connectivity index (χ3v) is 4.99. The van der Waals surface area contributed by atoms with Crippen molar-refractivity contribution in [2.75, 3.05) is 6.26 Å². The monoisotopic (exact) mass is 302 g/mol. The SMILES string of the molecule is CC(CCn1c(=S)[nH]c2cc(Cl)ccc21)S(C)=O. The molecule has 2 aromatic rings. The van der Waals surface area contributed by atoms with Crippen LogP contribution in [0.4, 0.5) is 0 Å². The van der Waals surface area contributed by atoms with Crippen LogP contribution in [-0.2, 0) is 17.3 Å². The smallest absolute Gasteiger partial charge is 0.178 e. The van der Waals surface area contributed by atoms with Gasteiger partial charge in [0.2, 0.25) is 0 Å². The van der Waals surface area contributed by atoms with Gasteiger partial charge in [0.1, 0.15) is 0 Å². The standard InChI is InChI=1S/C12H15ClN2OS2/c1-8(18(2)16)5-6-15-11-4-3-9(13)7-10(11)14-12(15)17/h3-4,7-8H,5-6H2,1-2H3,(H,14,17). The summed E-state index contributed by atoms with van der Waals surface area (Å²) in [4.78, 5) is 3.14. The van der Waals surface area contributed by atoms with Gasteiger partial charge >= 0.3 is 0 Å². The van der Waals surface area contributed by atoms with Crippen LogP contribution in [0.5, 0.6) is 0 Å². The molecule has 2 atom stereocenters. The van der Waals surface area contributed by atoms with Crippen LogP contribution < -0.4 is 0 Å². The predicted octanol–water partition coefficient (Wildman–Crippen LogP) is 3.51. The van der Waals surface area contributed by atoms with Crippen LogP contribution in [0.25, 0.3) is 11.0 Å². The molecule has 0 aliphatic heterocycles. The van der Waals surface area contributed by atoms with E-state index in [9.17, 15) is 4.21 Å². The first-order valence-electron chi connectivity index (χ1n) is 5.69. The number of hydrogen-bond donors (Lipinski definition) is 1. The Hall–Kier alpha value is -0.650. The van der Waals surface area contributed by atoms with Gasteiger partial charge in [0.05, 0.1) is 11.0 Å². The maximum absolute atomic E-state index is 11.3. The van der Waals surface area contributed by atoms with E-state index in [1.807, 2.05) is 29.7 Å². The maximum atomic E-state index is 11.3. The highest BCUT2D eigenvalue weighted by Gasteiger charge is 2.09. The number of nitrogens with zero attached hydrogens (tertiary/aromatic N) is 1. The van der Waals surface area contributed by atoms with E-state index in [0.717, 1.165) is 24.0 Å². The number of rotatable bonds is 4. The van der Waals surface area contributed by atoms with Gasteiger partial charge in [0.25, 0.3) is 0 Å². The van der Waals surface area contributed by atoms with Crippen LogP contribution >= 0.6 is 23.8 Å². The van der Waals surface area contributed by atoms with Crippen molar-refractivity contribution >= 4 is 45.7 Å². The molecule has 0 amide bonds. The second kappa shape index (κ2) is 5.55. The van der Waals surface area contributed by atoms with Crippen LogP contribution in [0.3, 0.4) is 0 Å². The van der Waals surface area contributed by atoms with Crippen LogP contribution in [0.15, 0.2) is 18.2 Å². The van der Waals surface area contributed by atoms with E-state index in [4.69, 9.17) is 23.8 Å². The number of aromatic nitrogens is 2. The minimum Gasteiger partial charge on any atom is -0.331 e. The Labute approximate surface area is 119 Å². The van der Waals surface area contributed by atoms with Gasteiger partial charge < -0.3 is 9.55 Å². The normalized spacial score (nSPS) is 14.8. The topological polar surface area (TPSA) is 37.8 Å². The molecule has 0 spiro atoms. The number of H-pyrrole nitrogens is 1. The van der Waals surface area contributed by atoms with E-state index in [1.54, 1.807) is 6.26 Å². The first kappa shape index (κ1) is 13.8. The van der Waals surface area contributed by atoms with Crippen LogP contribution in [-0.4, -0.2) is 25.3 Å². The largest absolute Gasteiger partial charge is 0.331 e. The van der Waals surface area contributed by atoms with Crippen molar-refractivity contribution in [2.24, 2.45) is 0 Å². The van der Waals surface area contributed by atoms with E-state index in [0.29, 0.717) is 9.79 Å². The van der Waals surface area contributed by atoms with Gasteiger partial charge in [-0.05, 0) is 36.8 Å². The number of halogens is 1. The Bertz CT molecular complexity index is 647. The molecule has 98 valence electrons. The predicted molar refractivity (Wildman–Crippen MR) is 80.3 cm³/mol. The van der Waals surface area contributed by atoms with Gasteiger partial charge in [-0.25, -0.2) is 0 Å². The Balaban J connectivity index is 2.31. The molecule has 0 radical (unpaired) electrons. The maximum Gasteiger partial charge on any atom is 0.178 e. The average molecular weight is 303 g/mol. The van der Waals surface area contributed by atoms with Crippen LogP contribution in [0.1, 0.15) is 13.3 Å². The minimum atomic E-state index is -0.794. The van der Waals surface area contributed by atoms with Crippen molar-refractivity contribution in [3.63, 3.8) is 0 Å². The average Bonchev–Trinajstić information content (AvgIpc) is 2.60. The van der Waals surface area contributed by atoms with Crippen molar-refractivity contribution in [1.29, 1.82) is 0 Å². The number of imidazole rings is 1. The highest BCUT2D eigenvalue weighted by Crippen LogP contribution is 2.19. The Kier molecular flexibility index (Phi) is 4.25. The van der Waals surface area contributed by atoms with Gasteiger partial charge in [-0.2, -0.15) is 0 Å². The number of aromatic amines is 1. The molecule has 0 aliphatic rings. The molecule has 1 N–H and O–H groups in total. The second-order valence-electron chi connectivity index (χ2n) is 4.34. The molecule has 0 bridgehead atoms. The molecule has 2 rings (SSSR count). The van der Waals surface area contributed by atoms with E-state index in [1.165, 1.54) is 0 Å². The van der Waals surface area contributed by atoms with Gasteiger partial charge in [0, 0.05) is 33.9 Å². The molecule has 0 fully saturated rings. The summed E-state index contributed by atoms with van der Waals surface area (Å²) in [5.74, 6) is 0. The summed E-state index contributed by atoms with van der Waals surface area (Å²) >= 11 is 11.2. The fourth-order valence-corrected chi connectivity index (χ4v) is 2.74. The molecule has 6 heteroatoms. The lowest BCUT2D eigenvalue weighted by atomic mass is 10.3. The highest BCUT2D eigenvalue weighted by molar-refractivity contribution is 7.84. The lowest BCUT2D eigenvalue weighted by molar-refractivity contribution is 0.625. The highest BCUT2D eigenvalue weighted by atomic mass is 35.5. The first-order valence-corrected chi connectivity index (χ1v) is 8.10. The van der Waals surface area contributed by atoms with E-state index < -0.39 is 10.8 Å². The summed E-state index contributed by atoms with van der Waals surface area (Å²) in [7, 11) is -0.794.